The molecule has 0 saturated heterocycles. The molecule has 0 amide bonds. The molecule has 2 nitrogen and oxygen atoms in total. The maximum atomic E-state index is 10.2. The van der Waals surface area contributed by atoms with Gasteiger partial charge in [0, 0.05) is 15.4 Å². The Morgan fingerprint density at radius 1 is 1.38 bits per heavy atom. The molecule has 1 aromatic heterocycles. The molecule has 0 saturated carbocycles. The van der Waals surface area contributed by atoms with Crippen molar-refractivity contribution in [2.24, 2.45) is 0 Å². The molecule has 2 aromatic rings. The molecule has 1 heterocycles. The van der Waals surface area contributed by atoms with E-state index in [-0.39, 0.29) is 0 Å². The summed E-state index contributed by atoms with van der Waals surface area (Å²) in [5.41, 5.74) is 1.72. The van der Waals surface area contributed by atoms with Gasteiger partial charge >= 0.3 is 0 Å². The number of benzene rings is 1. The molecule has 0 radical (unpaired) electrons. The second-order valence-electron chi connectivity index (χ2n) is 3.35. The van der Waals surface area contributed by atoms with Gasteiger partial charge in [-0.05, 0) is 39.0 Å². The molecule has 0 fully saturated rings. The summed E-state index contributed by atoms with van der Waals surface area (Å²) in [6.07, 6.45) is -0.615. The first-order chi connectivity index (χ1) is 7.72. The van der Waals surface area contributed by atoms with Gasteiger partial charge in [0.05, 0.1) is 7.11 Å². The van der Waals surface area contributed by atoms with Crippen molar-refractivity contribution in [1.29, 1.82) is 0 Å². The highest BCUT2D eigenvalue weighted by Gasteiger charge is 2.14. The summed E-state index contributed by atoms with van der Waals surface area (Å²) in [6, 6.07) is 7.46. The first-order valence-corrected chi connectivity index (χ1v) is 6.49. The summed E-state index contributed by atoms with van der Waals surface area (Å²) < 4.78 is 6.07. The fraction of sp³-hybridized carbons (Fsp3) is 0.167. The topological polar surface area (TPSA) is 29.5 Å². The van der Waals surface area contributed by atoms with Crippen LogP contribution in [-0.4, -0.2) is 12.2 Å². The quantitative estimate of drug-likeness (QED) is 0.938. The van der Waals surface area contributed by atoms with E-state index in [4.69, 9.17) is 4.74 Å². The van der Waals surface area contributed by atoms with Crippen LogP contribution >= 0.6 is 27.3 Å². The predicted octanol–water partition coefficient (Wildman–Crippen LogP) is 3.60. The standard InChI is InChI=1S/C12H11BrO2S/c1-15-9-4-2-3-8(5-9)12(14)10-6-16-7-11(10)13/h2-7,12,14H,1H3. The monoisotopic (exact) mass is 298 g/mol. The summed E-state index contributed by atoms with van der Waals surface area (Å²) in [5, 5.41) is 14.1. The molecule has 1 N–H and O–H groups in total. The van der Waals surface area contributed by atoms with Crippen molar-refractivity contribution >= 4 is 27.3 Å². The molecule has 0 aliphatic heterocycles. The molecule has 84 valence electrons. The highest BCUT2D eigenvalue weighted by atomic mass is 79.9. The number of hydrogen-bond acceptors (Lipinski definition) is 3. The molecule has 1 aromatic carbocycles. The van der Waals surface area contributed by atoms with Crippen molar-refractivity contribution in [3.05, 3.63) is 50.6 Å². The number of aliphatic hydroxyl groups excluding tert-OH is 1. The van der Waals surface area contributed by atoms with Crippen LogP contribution in [0.2, 0.25) is 0 Å². The van der Waals surface area contributed by atoms with Gasteiger partial charge in [-0.2, -0.15) is 11.3 Å². The van der Waals surface area contributed by atoms with E-state index in [9.17, 15) is 5.11 Å². The molecule has 1 atom stereocenters. The van der Waals surface area contributed by atoms with Gasteiger partial charge in [-0.3, -0.25) is 0 Å². The Kier molecular flexibility index (Phi) is 3.63. The minimum atomic E-state index is -0.615. The maximum Gasteiger partial charge on any atom is 0.119 e. The Bertz CT molecular complexity index is 481. The van der Waals surface area contributed by atoms with E-state index in [0.29, 0.717) is 0 Å². The lowest BCUT2D eigenvalue weighted by Crippen LogP contribution is -1.99. The maximum absolute atomic E-state index is 10.2. The largest absolute Gasteiger partial charge is 0.497 e. The minimum Gasteiger partial charge on any atom is -0.497 e. The van der Waals surface area contributed by atoms with Gasteiger partial charge in [-0.25, -0.2) is 0 Å². The highest BCUT2D eigenvalue weighted by Crippen LogP contribution is 2.32. The lowest BCUT2D eigenvalue weighted by atomic mass is 10.0. The van der Waals surface area contributed by atoms with E-state index in [1.165, 1.54) is 0 Å². The van der Waals surface area contributed by atoms with Crippen molar-refractivity contribution < 1.29 is 9.84 Å². The average Bonchev–Trinajstić information content (AvgIpc) is 2.74. The van der Waals surface area contributed by atoms with E-state index >= 15 is 0 Å². The number of hydrogen-bond donors (Lipinski definition) is 1. The number of thiophene rings is 1. The average molecular weight is 299 g/mol. The molecule has 0 aliphatic carbocycles. The van der Waals surface area contributed by atoms with Crippen molar-refractivity contribution in [3.8, 4) is 5.75 Å². The summed E-state index contributed by atoms with van der Waals surface area (Å²) in [6.45, 7) is 0. The van der Waals surface area contributed by atoms with Gasteiger partial charge in [-0.15, -0.1) is 0 Å². The van der Waals surface area contributed by atoms with E-state index in [0.717, 1.165) is 21.3 Å². The fourth-order valence-electron chi connectivity index (χ4n) is 1.48. The zero-order valence-corrected chi connectivity index (χ0v) is 11.1. The lowest BCUT2D eigenvalue weighted by Gasteiger charge is -2.11. The highest BCUT2D eigenvalue weighted by molar-refractivity contribution is 9.10. The molecular formula is C12H11BrO2S. The van der Waals surface area contributed by atoms with Gasteiger partial charge < -0.3 is 9.84 Å². The smallest absolute Gasteiger partial charge is 0.119 e. The third kappa shape index (κ3) is 2.29. The second-order valence-corrected chi connectivity index (χ2v) is 4.95. The van der Waals surface area contributed by atoms with Crippen LogP contribution in [0.4, 0.5) is 0 Å². The van der Waals surface area contributed by atoms with Crippen molar-refractivity contribution in [2.75, 3.05) is 7.11 Å². The predicted molar refractivity (Wildman–Crippen MR) is 69.1 cm³/mol. The van der Waals surface area contributed by atoms with Crippen LogP contribution in [0.25, 0.3) is 0 Å². The molecule has 16 heavy (non-hydrogen) atoms. The van der Waals surface area contributed by atoms with Gasteiger partial charge in [0.1, 0.15) is 11.9 Å². The summed E-state index contributed by atoms with van der Waals surface area (Å²) in [5.74, 6) is 0.753. The van der Waals surface area contributed by atoms with E-state index in [1.807, 2.05) is 35.0 Å². The Morgan fingerprint density at radius 3 is 2.81 bits per heavy atom. The third-order valence-electron chi connectivity index (χ3n) is 2.35. The van der Waals surface area contributed by atoms with Crippen molar-refractivity contribution in [2.45, 2.75) is 6.10 Å². The molecule has 0 spiro atoms. The summed E-state index contributed by atoms with van der Waals surface area (Å²) >= 11 is 4.98. The Hall–Kier alpha value is -0.840. The second kappa shape index (κ2) is 4.99. The van der Waals surface area contributed by atoms with Crippen LogP contribution < -0.4 is 4.74 Å². The fourth-order valence-corrected chi connectivity index (χ4v) is 3.01. The molecule has 1 unspecified atom stereocenters. The van der Waals surface area contributed by atoms with Gasteiger partial charge in [0.2, 0.25) is 0 Å². The van der Waals surface area contributed by atoms with Crippen LogP contribution in [0, 0.1) is 0 Å². The molecule has 2 rings (SSSR count). The summed E-state index contributed by atoms with van der Waals surface area (Å²) in [4.78, 5) is 0. The van der Waals surface area contributed by atoms with Crippen molar-refractivity contribution in [1.82, 2.24) is 0 Å². The Labute approximate surface area is 107 Å². The van der Waals surface area contributed by atoms with Crippen LogP contribution in [-0.2, 0) is 0 Å². The van der Waals surface area contributed by atoms with Gasteiger partial charge in [0.25, 0.3) is 0 Å². The number of methoxy groups -OCH3 is 1. The normalized spacial score (nSPS) is 12.4. The van der Waals surface area contributed by atoms with Gasteiger partial charge in [-0.1, -0.05) is 12.1 Å². The molecule has 0 bridgehead atoms. The first kappa shape index (κ1) is 11.6. The third-order valence-corrected chi connectivity index (χ3v) is 4.10. The van der Waals surface area contributed by atoms with E-state index in [1.54, 1.807) is 18.4 Å². The molecule has 0 aliphatic rings. The molecule has 4 heteroatoms. The Morgan fingerprint density at radius 2 is 2.19 bits per heavy atom. The molecular weight excluding hydrogens is 288 g/mol. The zero-order valence-electron chi connectivity index (χ0n) is 8.68. The van der Waals surface area contributed by atoms with Crippen LogP contribution in [0.1, 0.15) is 17.2 Å². The van der Waals surface area contributed by atoms with Crippen molar-refractivity contribution in [3.63, 3.8) is 0 Å². The number of halogens is 1. The van der Waals surface area contributed by atoms with E-state index < -0.39 is 6.10 Å². The van der Waals surface area contributed by atoms with E-state index in [2.05, 4.69) is 15.9 Å². The van der Waals surface area contributed by atoms with Crippen LogP contribution in [0.15, 0.2) is 39.5 Å². The lowest BCUT2D eigenvalue weighted by molar-refractivity contribution is 0.219. The number of ether oxygens (including phenoxy) is 1. The van der Waals surface area contributed by atoms with Crippen LogP contribution in [0.5, 0.6) is 5.75 Å². The van der Waals surface area contributed by atoms with Gasteiger partial charge in [0.15, 0.2) is 0 Å². The summed E-state index contributed by atoms with van der Waals surface area (Å²) in [7, 11) is 1.62. The van der Waals surface area contributed by atoms with Crippen LogP contribution in [0.3, 0.4) is 0 Å². The zero-order chi connectivity index (χ0) is 11.5. The number of rotatable bonds is 3. The Balaban J connectivity index is 2.33. The number of aliphatic hydroxyl groups is 1. The minimum absolute atomic E-state index is 0.615. The SMILES string of the molecule is COc1cccc(C(O)c2cscc2Br)c1. The first-order valence-electron chi connectivity index (χ1n) is 4.76.